The minimum absolute atomic E-state index is 0.0496. The third-order valence-corrected chi connectivity index (χ3v) is 9.20. The van der Waals surface area contributed by atoms with Crippen molar-refractivity contribution in [1.82, 2.24) is 19.4 Å². The molecule has 0 amide bonds. The van der Waals surface area contributed by atoms with E-state index in [2.05, 4.69) is 61.1 Å². The highest BCUT2D eigenvalue weighted by Gasteiger charge is 2.39. The van der Waals surface area contributed by atoms with Gasteiger partial charge >= 0.3 is 0 Å². The molecule has 0 spiro atoms. The van der Waals surface area contributed by atoms with Gasteiger partial charge in [0, 0.05) is 66.2 Å². The number of nitro groups is 1. The molecule has 4 heterocycles. The number of benzene rings is 2. The van der Waals surface area contributed by atoms with Crippen LogP contribution in [0.1, 0.15) is 31.7 Å². The molecule has 2 N–H and O–H groups in total. The van der Waals surface area contributed by atoms with Gasteiger partial charge in [0.1, 0.15) is 11.4 Å². The van der Waals surface area contributed by atoms with Crippen molar-refractivity contribution in [1.29, 1.82) is 0 Å². The maximum atomic E-state index is 12.2. The van der Waals surface area contributed by atoms with Gasteiger partial charge in [0.15, 0.2) is 0 Å². The Hall–Kier alpha value is -3.70. The molecule has 0 unspecified atom stereocenters. The van der Waals surface area contributed by atoms with Crippen LogP contribution in [0.25, 0.3) is 22.2 Å². The first-order chi connectivity index (χ1) is 19.4. The van der Waals surface area contributed by atoms with Crippen LogP contribution in [0.3, 0.4) is 0 Å². The molecular formula is C29H30BrN7O3. The lowest BCUT2D eigenvalue weighted by molar-refractivity contribution is -0.384. The lowest BCUT2D eigenvalue weighted by Gasteiger charge is -2.33. The molecule has 0 radical (unpaired) electrons. The van der Waals surface area contributed by atoms with Gasteiger partial charge in [-0.05, 0) is 67.2 Å². The van der Waals surface area contributed by atoms with Crippen molar-refractivity contribution in [3.63, 3.8) is 0 Å². The number of aromatic nitrogens is 3. The minimum Gasteiger partial charge on any atom is -0.506 e. The molecule has 7 rings (SSSR count). The number of likely N-dealkylation sites (N-methyl/N-ethyl adjacent to an activating group) is 1. The van der Waals surface area contributed by atoms with Crippen molar-refractivity contribution in [3.05, 3.63) is 63.4 Å². The third kappa shape index (κ3) is 4.37. The molecule has 10 nitrogen and oxygen atoms in total. The zero-order valence-corrected chi connectivity index (χ0v) is 23.7. The Balaban J connectivity index is 1.22. The van der Waals surface area contributed by atoms with Crippen LogP contribution in [0.5, 0.6) is 5.75 Å². The second-order valence-electron chi connectivity index (χ2n) is 11.2. The molecule has 206 valence electrons. The van der Waals surface area contributed by atoms with E-state index >= 15 is 0 Å². The maximum Gasteiger partial charge on any atom is 0.294 e. The van der Waals surface area contributed by atoms with Crippen molar-refractivity contribution in [3.8, 4) is 17.0 Å². The molecule has 3 fully saturated rings. The molecule has 4 aromatic rings. The van der Waals surface area contributed by atoms with Crippen molar-refractivity contribution in [2.75, 3.05) is 36.9 Å². The molecular weight excluding hydrogens is 574 g/mol. The standard InChI is InChI=1S/C29H30BrN7O3/c1-34-10-4-5-17-14-35(16-26(17)34)24-12-27(38)22(11-25(24)37(39)40)32-29-31-13-21(30)28(33-29)20-15-36(18-8-9-18)23-7-3-2-6-19(20)23/h2-3,6-7,11-13,15,17-18,26,38H,4-5,8-10,14,16H2,1H3,(H,31,32,33)/t17-,26+/m1/s1. The monoisotopic (exact) mass is 603 g/mol. The van der Waals surface area contributed by atoms with Crippen LogP contribution in [0.4, 0.5) is 23.0 Å². The third-order valence-electron chi connectivity index (χ3n) is 8.62. The first-order valence-corrected chi connectivity index (χ1v) is 14.5. The number of aromatic hydroxyl groups is 1. The van der Waals surface area contributed by atoms with Gasteiger partial charge in [0.2, 0.25) is 5.95 Å². The number of para-hydroxylation sites is 1. The molecule has 2 aliphatic heterocycles. The van der Waals surface area contributed by atoms with E-state index in [1.165, 1.54) is 25.0 Å². The number of phenolic OH excluding ortho intramolecular Hbond substituents is 1. The number of rotatable bonds is 6. The van der Waals surface area contributed by atoms with Crippen LogP contribution >= 0.6 is 15.9 Å². The summed E-state index contributed by atoms with van der Waals surface area (Å²) in [7, 11) is 2.12. The zero-order chi connectivity index (χ0) is 27.5. The smallest absolute Gasteiger partial charge is 0.294 e. The quantitative estimate of drug-likeness (QED) is 0.155. The zero-order valence-electron chi connectivity index (χ0n) is 22.1. The van der Waals surface area contributed by atoms with Gasteiger partial charge in [0.25, 0.3) is 5.69 Å². The number of anilines is 3. The average molecular weight is 605 g/mol. The average Bonchev–Trinajstić information content (AvgIpc) is 3.57. The van der Waals surface area contributed by atoms with Crippen LogP contribution in [0.15, 0.2) is 53.3 Å². The van der Waals surface area contributed by atoms with Crippen molar-refractivity contribution < 1.29 is 10.0 Å². The molecule has 2 atom stereocenters. The fourth-order valence-electron chi connectivity index (χ4n) is 6.45. The normalized spacial score (nSPS) is 21.1. The number of hydrogen-bond acceptors (Lipinski definition) is 8. The maximum absolute atomic E-state index is 12.2. The summed E-state index contributed by atoms with van der Waals surface area (Å²) in [5.74, 6) is 0.633. The number of nitrogens with one attached hydrogen (secondary N) is 1. The number of nitro benzene ring substituents is 1. The highest BCUT2D eigenvalue weighted by atomic mass is 79.9. The van der Waals surface area contributed by atoms with Crippen LogP contribution in [0, 0.1) is 16.0 Å². The number of likely N-dealkylation sites (tertiary alicyclic amines) is 1. The van der Waals surface area contributed by atoms with E-state index in [4.69, 9.17) is 4.98 Å². The van der Waals surface area contributed by atoms with Gasteiger partial charge in [0.05, 0.1) is 20.8 Å². The van der Waals surface area contributed by atoms with E-state index in [0.29, 0.717) is 35.9 Å². The molecule has 0 bridgehead atoms. The summed E-state index contributed by atoms with van der Waals surface area (Å²) in [4.78, 5) is 25.3. The molecule has 40 heavy (non-hydrogen) atoms. The van der Waals surface area contributed by atoms with Gasteiger partial charge < -0.3 is 24.8 Å². The summed E-state index contributed by atoms with van der Waals surface area (Å²) in [5.41, 5.74) is 3.44. The number of fused-ring (bicyclic) bond motifs is 2. The number of nitrogens with zero attached hydrogens (tertiary/aromatic N) is 6. The van der Waals surface area contributed by atoms with E-state index in [-0.39, 0.29) is 28.0 Å². The van der Waals surface area contributed by atoms with Crippen LogP contribution in [-0.4, -0.2) is 62.2 Å². The largest absolute Gasteiger partial charge is 0.506 e. The molecule has 11 heteroatoms. The SMILES string of the molecule is CN1CCC[C@@H]2CN(c3cc(O)c(Nc4ncc(Br)c(-c5cn(C6CC6)c6ccccc56)n4)cc3[N+](=O)[O-])C[C@@H]21. The lowest BCUT2D eigenvalue weighted by atomic mass is 9.93. The fourth-order valence-corrected chi connectivity index (χ4v) is 6.86. The van der Waals surface area contributed by atoms with E-state index in [1.54, 1.807) is 6.20 Å². The summed E-state index contributed by atoms with van der Waals surface area (Å²) in [6.07, 6.45) is 8.39. The first-order valence-electron chi connectivity index (χ1n) is 13.7. The second-order valence-corrected chi connectivity index (χ2v) is 12.0. The Labute approximate surface area is 239 Å². The number of phenols is 1. The molecule has 2 aromatic heterocycles. The second kappa shape index (κ2) is 9.74. The summed E-state index contributed by atoms with van der Waals surface area (Å²) < 4.78 is 3.05. The number of halogens is 1. The lowest BCUT2D eigenvalue weighted by Crippen LogP contribution is -2.42. The highest BCUT2D eigenvalue weighted by Crippen LogP contribution is 2.44. The summed E-state index contributed by atoms with van der Waals surface area (Å²) in [6.45, 7) is 2.50. The van der Waals surface area contributed by atoms with Crippen LogP contribution in [0.2, 0.25) is 0 Å². The fraction of sp³-hybridized carbons (Fsp3) is 0.379. The van der Waals surface area contributed by atoms with E-state index < -0.39 is 0 Å². The van der Waals surface area contributed by atoms with E-state index in [0.717, 1.165) is 46.9 Å². The predicted octanol–water partition coefficient (Wildman–Crippen LogP) is 6.08. The number of hydrogen-bond donors (Lipinski definition) is 2. The van der Waals surface area contributed by atoms with Gasteiger partial charge in [-0.1, -0.05) is 18.2 Å². The van der Waals surface area contributed by atoms with Gasteiger partial charge in [-0.2, -0.15) is 0 Å². The molecule has 1 aliphatic carbocycles. The van der Waals surface area contributed by atoms with Crippen LogP contribution in [-0.2, 0) is 0 Å². The summed E-state index contributed by atoms with van der Waals surface area (Å²) in [6, 6.07) is 12.0. The first kappa shape index (κ1) is 25.3. The predicted molar refractivity (Wildman–Crippen MR) is 158 cm³/mol. The van der Waals surface area contributed by atoms with Gasteiger partial charge in [-0.3, -0.25) is 10.1 Å². The molecule has 3 aliphatic rings. The molecule has 2 saturated heterocycles. The van der Waals surface area contributed by atoms with Crippen molar-refractivity contribution in [2.24, 2.45) is 5.92 Å². The Morgan fingerprint density at radius 1 is 1.18 bits per heavy atom. The van der Waals surface area contributed by atoms with Gasteiger partial charge in [-0.25, -0.2) is 9.97 Å². The van der Waals surface area contributed by atoms with Crippen molar-refractivity contribution >= 4 is 49.8 Å². The summed E-state index contributed by atoms with van der Waals surface area (Å²) in [5, 5.41) is 27.3. The molecule has 1 saturated carbocycles. The molecule has 2 aromatic carbocycles. The van der Waals surface area contributed by atoms with Crippen molar-refractivity contribution in [2.45, 2.75) is 37.8 Å². The summed E-state index contributed by atoms with van der Waals surface area (Å²) >= 11 is 3.61. The Kier molecular flexibility index (Phi) is 6.16. The number of piperidine rings is 1. The Morgan fingerprint density at radius 3 is 2.77 bits per heavy atom. The van der Waals surface area contributed by atoms with Gasteiger partial charge in [-0.15, -0.1) is 0 Å². The van der Waals surface area contributed by atoms with E-state index in [1.807, 2.05) is 17.0 Å². The Morgan fingerprint density at radius 2 is 2.00 bits per heavy atom. The topological polar surface area (TPSA) is 113 Å². The highest BCUT2D eigenvalue weighted by molar-refractivity contribution is 9.10. The minimum atomic E-state index is -0.383. The Bertz CT molecular complexity index is 1640. The van der Waals surface area contributed by atoms with E-state index in [9.17, 15) is 15.2 Å². The van der Waals surface area contributed by atoms with Crippen LogP contribution < -0.4 is 10.2 Å².